The fraction of sp³-hybridized carbons (Fsp3) is 0.692. The van der Waals surface area contributed by atoms with E-state index in [0.29, 0.717) is 6.04 Å². The predicted molar refractivity (Wildman–Crippen MR) is 63.3 cm³/mol. The van der Waals surface area contributed by atoms with Gasteiger partial charge in [-0.15, -0.1) is 6.58 Å². The van der Waals surface area contributed by atoms with Gasteiger partial charge in [-0.25, -0.2) is 0 Å². The molecule has 80 valence electrons. The molecule has 1 N–H and O–H groups in total. The van der Waals surface area contributed by atoms with Gasteiger partial charge in [-0.2, -0.15) is 0 Å². The minimum Gasteiger partial charge on any atom is -0.311 e. The van der Waals surface area contributed by atoms with Crippen LogP contribution in [0.4, 0.5) is 0 Å². The first-order valence-electron chi connectivity index (χ1n) is 5.65. The Labute approximate surface area is 88.3 Å². The normalized spacial score (nSPS) is 29.5. The maximum Gasteiger partial charge on any atom is 0.0219 e. The summed E-state index contributed by atoms with van der Waals surface area (Å²) in [5, 5.41) is 3.50. The molecular weight excluding hydrogens is 170 g/mol. The van der Waals surface area contributed by atoms with E-state index in [1.54, 1.807) is 5.57 Å². The van der Waals surface area contributed by atoms with Crippen molar-refractivity contribution < 1.29 is 0 Å². The zero-order valence-corrected chi connectivity index (χ0v) is 9.72. The van der Waals surface area contributed by atoms with Gasteiger partial charge in [-0.05, 0) is 45.1 Å². The second kappa shape index (κ2) is 5.35. The van der Waals surface area contributed by atoms with Crippen molar-refractivity contribution in [3.05, 3.63) is 24.3 Å². The molecule has 0 saturated carbocycles. The molecule has 1 aliphatic carbocycles. The Morgan fingerprint density at radius 3 is 3.00 bits per heavy atom. The average molecular weight is 193 g/mol. The Morgan fingerprint density at radius 2 is 2.43 bits per heavy atom. The standard InChI is InChI=1S/C13H23N/c1-5-12(4)14-9-13-7-10(2)6-11(3)8-13/h5-6,10,12-14H,1,7-9H2,2-4H3. The zero-order chi connectivity index (χ0) is 10.6. The van der Waals surface area contributed by atoms with E-state index in [1.165, 1.54) is 12.8 Å². The monoisotopic (exact) mass is 193 g/mol. The molecule has 0 amide bonds. The Kier molecular flexibility index (Phi) is 4.40. The van der Waals surface area contributed by atoms with Crippen molar-refractivity contribution in [2.24, 2.45) is 11.8 Å². The predicted octanol–water partition coefficient (Wildman–Crippen LogP) is 3.14. The van der Waals surface area contributed by atoms with E-state index >= 15 is 0 Å². The van der Waals surface area contributed by atoms with Crippen molar-refractivity contribution in [2.45, 2.75) is 39.7 Å². The van der Waals surface area contributed by atoms with Crippen LogP contribution in [0.15, 0.2) is 24.3 Å². The van der Waals surface area contributed by atoms with Gasteiger partial charge < -0.3 is 5.32 Å². The number of rotatable bonds is 4. The van der Waals surface area contributed by atoms with Gasteiger partial charge in [-0.1, -0.05) is 24.6 Å². The van der Waals surface area contributed by atoms with Gasteiger partial charge in [0.1, 0.15) is 0 Å². The molecule has 0 aliphatic heterocycles. The first-order valence-corrected chi connectivity index (χ1v) is 5.65. The van der Waals surface area contributed by atoms with E-state index in [-0.39, 0.29) is 0 Å². The van der Waals surface area contributed by atoms with Gasteiger partial charge in [0.15, 0.2) is 0 Å². The van der Waals surface area contributed by atoms with E-state index < -0.39 is 0 Å². The van der Waals surface area contributed by atoms with Crippen LogP contribution in [0.2, 0.25) is 0 Å². The molecular formula is C13H23N. The van der Waals surface area contributed by atoms with Crippen LogP contribution in [0.25, 0.3) is 0 Å². The summed E-state index contributed by atoms with van der Waals surface area (Å²) in [5.41, 5.74) is 1.56. The smallest absolute Gasteiger partial charge is 0.0219 e. The van der Waals surface area contributed by atoms with Gasteiger partial charge in [-0.3, -0.25) is 0 Å². The van der Waals surface area contributed by atoms with Crippen LogP contribution in [-0.2, 0) is 0 Å². The maximum absolute atomic E-state index is 3.78. The lowest BCUT2D eigenvalue weighted by Gasteiger charge is -2.26. The second-order valence-corrected chi connectivity index (χ2v) is 4.73. The molecule has 1 nitrogen and oxygen atoms in total. The van der Waals surface area contributed by atoms with E-state index in [1.807, 2.05) is 6.08 Å². The lowest BCUT2D eigenvalue weighted by Crippen LogP contribution is -2.31. The lowest BCUT2D eigenvalue weighted by atomic mass is 9.83. The number of allylic oxidation sites excluding steroid dienone is 2. The summed E-state index contributed by atoms with van der Waals surface area (Å²) in [4.78, 5) is 0. The lowest BCUT2D eigenvalue weighted by molar-refractivity contribution is 0.375. The molecule has 0 aromatic rings. The molecule has 0 aromatic heterocycles. The van der Waals surface area contributed by atoms with Crippen LogP contribution in [0.1, 0.15) is 33.6 Å². The summed E-state index contributed by atoms with van der Waals surface area (Å²) in [6, 6.07) is 0.441. The molecule has 1 aliphatic rings. The van der Waals surface area contributed by atoms with Gasteiger partial charge in [0.2, 0.25) is 0 Å². The highest BCUT2D eigenvalue weighted by Gasteiger charge is 2.17. The van der Waals surface area contributed by atoms with Gasteiger partial charge in [0.05, 0.1) is 0 Å². The molecule has 0 fully saturated rings. The van der Waals surface area contributed by atoms with E-state index in [2.05, 4.69) is 38.7 Å². The number of nitrogens with one attached hydrogen (secondary N) is 1. The topological polar surface area (TPSA) is 12.0 Å². The Hall–Kier alpha value is -0.560. The van der Waals surface area contributed by atoms with Crippen molar-refractivity contribution in [1.82, 2.24) is 5.32 Å². The van der Waals surface area contributed by atoms with Crippen molar-refractivity contribution in [2.75, 3.05) is 6.54 Å². The molecule has 3 unspecified atom stereocenters. The summed E-state index contributed by atoms with van der Waals surface area (Å²) in [6.07, 6.45) is 6.97. The molecule has 0 spiro atoms. The maximum atomic E-state index is 3.78. The summed E-state index contributed by atoms with van der Waals surface area (Å²) >= 11 is 0. The summed E-state index contributed by atoms with van der Waals surface area (Å²) in [7, 11) is 0. The van der Waals surface area contributed by atoms with Crippen molar-refractivity contribution in [3.8, 4) is 0 Å². The summed E-state index contributed by atoms with van der Waals surface area (Å²) in [5.74, 6) is 1.58. The van der Waals surface area contributed by atoms with Crippen LogP contribution in [-0.4, -0.2) is 12.6 Å². The molecule has 0 radical (unpaired) electrons. The minimum absolute atomic E-state index is 0.441. The molecule has 0 saturated heterocycles. The average Bonchev–Trinajstić information content (AvgIpc) is 2.12. The fourth-order valence-corrected chi connectivity index (χ4v) is 2.28. The van der Waals surface area contributed by atoms with Crippen LogP contribution in [0.3, 0.4) is 0 Å². The first-order chi connectivity index (χ1) is 6.61. The highest BCUT2D eigenvalue weighted by atomic mass is 14.9. The summed E-state index contributed by atoms with van der Waals surface area (Å²) < 4.78 is 0. The molecule has 1 rings (SSSR count). The van der Waals surface area contributed by atoms with Gasteiger partial charge in [0, 0.05) is 6.04 Å². The zero-order valence-electron chi connectivity index (χ0n) is 9.72. The second-order valence-electron chi connectivity index (χ2n) is 4.73. The third kappa shape index (κ3) is 3.67. The van der Waals surface area contributed by atoms with Crippen LogP contribution in [0.5, 0.6) is 0 Å². The van der Waals surface area contributed by atoms with Crippen LogP contribution < -0.4 is 5.32 Å². The summed E-state index contributed by atoms with van der Waals surface area (Å²) in [6.45, 7) is 11.6. The first kappa shape index (κ1) is 11.5. The van der Waals surface area contributed by atoms with Crippen LogP contribution in [0, 0.1) is 11.8 Å². The molecule has 0 bridgehead atoms. The van der Waals surface area contributed by atoms with Crippen molar-refractivity contribution in [1.29, 1.82) is 0 Å². The van der Waals surface area contributed by atoms with Crippen molar-refractivity contribution in [3.63, 3.8) is 0 Å². The molecule has 0 aromatic carbocycles. The van der Waals surface area contributed by atoms with E-state index in [9.17, 15) is 0 Å². The largest absolute Gasteiger partial charge is 0.311 e. The van der Waals surface area contributed by atoms with Crippen LogP contribution >= 0.6 is 0 Å². The third-order valence-corrected chi connectivity index (χ3v) is 2.97. The van der Waals surface area contributed by atoms with E-state index in [0.717, 1.165) is 18.4 Å². The Bertz CT molecular complexity index is 217. The molecule has 0 heterocycles. The SMILES string of the molecule is C=CC(C)NCC1CC(C)=CC(C)C1. The molecule has 3 atom stereocenters. The number of hydrogen-bond acceptors (Lipinski definition) is 1. The fourth-order valence-electron chi connectivity index (χ4n) is 2.28. The van der Waals surface area contributed by atoms with Gasteiger partial charge >= 0.3 is 0 Å². The highest BCUT2D eigenvalue weighted by molar-refractivity contribution is 5.06. The third-order valence-electron chi connectivity index (χ3n) is 2.97. The van der Waals surface area contributed by atoms with Crippen molar-refractivity contribution >= 4 is 0 Å². The van der Waals surface area contributed by atoms with E-state index in [4.69, 9.17) is 0 Å². The molecule has 14 heavy (non-hydrogen) atoms. The Morgan fingerprint density at radius 1 is 1.71 bits per heavy atom. The Balaban J connectivity index is 2.33. The quantitative estimate of drug-likeness (QED) is 0.676. The minimum atomic E-state index is 0.441. The number of hydrogen-bond donors (Lipinski definition) is 1. The highest BCUT2D eigenvalue weighted by Crippen LogP contribution is 2.27. The molecule has 1 heteroatoms. The van der Waals surface area contributed by atoms with Gasteiger partial charge in [0.25, 0.3) is 0 Å².